The highest BCUT2D eigenvalue weighted by molar-refractivity contribution is 6.04. The summed E-state index contributed by atoms with van der Waals surface area (Å²) >= 11 is 0. The minimum absolute atomic E-state index is 0.0285. The van der Waals surface area contributed by atoms with Crippen LogP contribution in [-0.2, 0) is 14.4 Å². The van der Waals surface area contributed by atoms with Crippen molar-refractivity contribution in [2.24, 2.45) is 50.2 Å². The summed E-state index contributed by atoms with van der Waals surface area (Å²) in [5, 5.41) is 13.1. The molecule has 1 N–H and O–H groups in total. The average Bonchev–Trinajstić information content (AvgIpc) is 2.96. The summed E-state index contributed by atoms with van der Waals surface area (Å²) in [5.41, 5.74) is 0.691. The number of Topliss-reactive ketones (excluding diaryl/α,β-unsaturated/α-hetero) is 1. The Bertz CT molecular complexity index is 1510. The van der Waals surface area contributed by atoms with E-state index in [9.17, 15) is 19.6 Å². The topological polar surface area (TPSA) is 87.0 Å². The first-order chi connectivity index (χ1) is 20.5. The lowest BCUT2D eigenvalue weighted by atomic mass is 9.34. The zero-order chi connectivity index (χ0) is 31.9. The first-order valence-electron chi connectivity index (χ1n) is 16.8. The maximum absolute atomic E-state index is 14.7. The van der Waals surface area contributed by atoms with Gasteiger partial charge < -0.3 is 5.32 Å². The molecule has 44 heavy (non-hydrogen) atoms. The normalized spacial score (nSPS) is 40.2. The number of nitrogens with one attached hydrogen (secondary N) is 1. The molecule has 5 aliphatic rings. The summed E-state index contributed by atoms with van der Waals surface area (Å²) in [6.45, 7) is 15.6. The highest BCUT2D eigenvalue weighted by atomic mass is 16.1. The second-order valence-electron chi connectivity index (χ2n) is 17.0. The molecule has 0 aliphatic heterocycles. The number of benzene rings is 1. The number of carbonyl (C=O) groups excluding carboxylic acids is 3. The van der Waals surface area contributed by atoms with Gasteiger partial charge in [-0.15, -0.1) is 0 Å². The minimum atomic E-state index is -0.660. The molecule has 234 valence electrons. The summed E-state index contributed by atoms with van der Waals surface area (Å²) in [7, 11) is 0. The summed E-state index contributed by atoms with van der Waals surface area (Å²) < 4.78 is 0. The van der Waals surface area contributed by atoms with Crippen molar-refractivity contribution in [3.8, 4) is 6.07 Å². The van der Waals surface area contributed by atoms with Crippen LogP contribution in [0, 0.1) is 61.6 Å². The first-order valence-corrected chi connectivity index (χ1v) is 16.8. The maximum atomic E-state index is 14.7. The van der Waals surface area contributed by atoms with E-state index in [4.69, 9.17) is 0 Å². The van der Waals surface area contributed by atoms with Crippen molar-refractivity contribution in [2.45, 2.75) is 106 Å². The standard InChI is InChI=1S/C39H50N2O3/c1-34(2)17-19-39(16-14-31(43)41-26-11-9-8-10-12-26)20-18-38(7)32(27(39)23-34)28(42)21-30-36(5)22-25(24-40)33(44)35(3,4)29(36)13-15-37(30,38)6/h8-12,21-22,27,29,32H,13-20,23H2,1-7H3,(H,41,43). The Morgan fingerprint density at radius 1 is 0.955 bits per heavy atom. The van der Waals surface area contributed by atoms with E-state index in [1.54, 1.807) is 0 Å². The summed E-state index contributed by atoms with van der Waals surface area (Å²) in [4.78, 5) is 41.2. The largest absolute Gasteiger partial charge is 0.326 e. The van der Waals surface area contributed by atoms with Crippen molar-refractivity contribution in [3.63, 3.8) is 0 Å². The number of para-hydroxylation sites is 1. The van der Waals surface area contributed by atoms with Crippen LogP contribution in [0.4, 0.5) is 5.69 Å². The van der Waals surface area contributed by atoms with Gasteiger partial charge in [0.2, 0.25) is 5.91 Å². The Morgan fingerprint density at radius 3 is 2.32 bits per heavy atom. The second-order valence-corrected chi connectivity index (χ2v) is 17.0. The molecule has 0 spiro atoms. The van der Waals surface area contributed by atoms with E-state index < -0.39 is 10.8 Å². The van der Waals surface area contributed by atoms with Crippen molar-refractivity contribution < 1.29 is 14.4 Å². The molecule has 1 aromatic carbocycles. The van der Waals surface area contributed by atoms with E-state index in [2.05, 4.69) is 46.0 Å². The number of nitriles is 1. The molecular weight excluding hydrogens is 544 g/mol. The molecule has 3 fully saturated rings. The van der Waals surface area contributed by atoms with Gasteiger partial charge >= 0.3 is 0 Å². The second kappa shape index (κ2) is 10.0. The maximum Gasteiger partial charge on any atom is 0.224 e. The Kier molecular flexibility index (Phi) is 7.05. The predicted molar refractivity (Wildman–Crippen MR) is 173 cm³/mol. The van der Waals surface area contributed by atoms with Gasteiger partial charge in [-0.05, 0) is 103 Å². The van der Waals surface area contributed by atoms with Gasteiger partial charge in [0.1, 0.15) is 6.07 Å². The van der Waals surface area contributed by atoms with E-state index in [1.165, 1.54) is 0 Å². The number of ketones is 2. The lowest BCUT2D eigenvalue weighted by Crippen LogP contribution is -2.64. The van der Waals surface area contributed by atoms with Crippen LogP contribution in [0.15, 0.2) is 53.6 Å². The fraction of sp³-hybridized carbons (Fsp3) is 0.641. The molecule has 0 radical (unpaired) electrons. The van der Waals surface area contributed by atoms with E-state index in [0.29, 0.717) is 6.42 Å². The smallest absolute Gasteiger partial charge is 0.224 e. The monoisotopic (exact) mass is 594 g/mol. The summed E-state index contributed by atoms with van der Waals surface area (Å²) in [5.74, 6) is 0.375. The quantitative estimate of drug-likeness (QED) is 0.378. The Morgan fingerprint density at radius 2 is 1.64 bits per heavy atom. The van der Waals surface area contributed by atoms with Crippen LogP contribution in [0.25, 0.3) is 0 Å². The van der Waals surface area contributed by atoms with E-state index >= 15 is 0 Å². The van der Waals surface area contributed by atoms with Crippen LogP contribution in [0.1, 0.15) is 106 Å². The van der Waals surface area contributed by atoms with Gasteiger partial charge in [0.05, 0.1) is 5.57 Å². The van der Waals surface area contributed by atoms with Crippen molar-refractivity contribution in [1.29, 1.82) is 5.26 Å². The molecule has 7 unspecified atom stereocenters. The van der Waals surface area contributed by atoms with Crippen molar-refractivity contribution in [1.82, 2.24) is 0 Å². The van der Waals surface area contributed by atoms with Crippen LogP contribution in [0.2, 0.25) is 0 Å². The van der Waals surface area contributed by atoms with Crippen molar-refractivity contribution in [2.75, 3.05) is 5.32 Å². The van der Waals surface area contributed by atoms with Gasteiger partial charge in [0.15, 0.2) is 11.6 Å². The number of rotatable bonds is 4. The first kappa shape index (κ1) is 31.0. The molecule has 5 nitrogen and oxygen atoms in total. The van der Waals surface area contributed by atoms with Gasteiger partial charge in [0.25, 0.3) is 0 Å². The molecular formula is C39H50N2O3. The summed E-state index contributed by atoms with van der Waals surface area (Å²) in [6.07, 6.45) is 12.2. The highest BCUT2D eigenvalue weighted by Gasteiger charge is 2.69. The van der Waals surface area contributed by atoms with Crippen LogP contribution in [-0.4, -0.2) is 17.5 Å². The molecule has 5 heteroatoms. The average molecular weight is 595 g/mol. The number of hydrogen-bond acceptors (Lipinski definition) is 4. The molecule has 7 atom stereocenters. The molecule has 5 aliphatic carbocycles. The van der Waals surface area contributed by atoms with Gasteiger partial charge in [-0.2, -0.15) is 5.26 Å². The number of anilines is 1. The Labute approximate surface area is 263 Å². The summed E-state index contributed by atoms with van der Waals surface area (Å²) in [6, 6.07) is 11.9. The fourth-order valence-electron chi connectivity index (χ4n) is 11.3. The lowest BCUT2D eigenvalue weighted by Gasteiger charge is -2.69. The number of nitrogens with zero attached hydrogens (tertiary/aromatic N) is 1. The molecule has 0 saturated heterocycles. The molecule has 0 heterocycles. The molecule has 0 aromatic heterocycles. The van der Waals surface area contributed by atoms with Crippen LogP contribution in [0.3, 0.4) is 0 Å². The van der Waals surface area contributed by atoms with Gasteiger partial charge in [-0.1, -0.05) is 78.3 Å². The highest BCUT2D eigenvalue weighted by Crippen LogP contribution is 2.75. The van der Waals surface area contributed by atoms with Crippen molar-refractivity contribution in [3.05, 3.63) is 53.6 Å². The van der Waals surface area contributed by atoms with Gasteiger partial charge in [-0.3, -0.25) is 14.4 Å². The van der Waals surface area contributed by atoms with Crippen LogP contribution >= 0.6 is 0 Å². The van der Waals surface area contributed by atoms with Crippen LogP contribution in [0.5, 0.6) is 0 Å². The Hall–Kier alpha value is -3.00. The third kappa shape index (κ3) is 4.33. The van der Waals surface area contributed by atoms with Gasteiger partial charge in [-0.25, -0.2) is 0 Å². The van der Waals surface area contributed by atoms with Crippen molar-refractivity contribution >= 4 is 23.2 Å². The molecule has 6 rings (SSSR count). The van der Waals surface area contributed by atoms with E-state index in [1.807, 2.05) is 56.3 Å². The Balaban J connectivity index is 1.39. The number of amides is 1. The van der Waals surface area contributed by atoms with E-state index in [-0.39, 0.29) is 62.5 Å². The van der Waals surface area contributed by atoms with E-state index in [0.717, 1.165) is 62.6 Å². The molecule has 1 aromatic rings. The number of hydrogen-bond donors (Lipinski definition) is 1. The molecule has 3 saturated carbocycles. The van der Waals surface area contributed by atoms with Crippen LogP contribution < -0.4 is 5.32 Å². The van der Waals surface area contributed by atoms with Gasteiger partial charge in [0, 0.05) is 28.9 Å². The lowest BCUT2D eigenvalue weighted by molar-refractivity contribution is -0.172. The minimum Gasteiger partial charge on any atom is -0.326 e. The number of allylic oxidation sites excluding steroid dienone is 4. The predicted octanol–water partition coefficient (Wildman–Crippen LogP) is 8.62. The fourth-order valence-corrected chi connectivity index (χ4v) is 11.3. The zero-order valence-corrected chi connectivity index (χ0v) is 27.8. The number of fused-ring (bicyclic) bond motifs is 7. The third-order valence-corrected chi connectivity index (χ3v) is 13.9. The zero-order valence-electron chi connectivity index (χ0n) is 27.8. The number of carbonyl (C=O) groups is 3. The SMILES string of the molecule is CC1(C)CCC2(CCC(=O)Nc3ccccc3)CCC3(C)C(C(=O)C=C4C5(C)C=C(C#N)C(=O)C(C)(C)C5CCC43C)C2C1. The molecule has 1 amide bonds. The molecule has 0 bridgehead atoms. The third-order valence-electron chi connectivity index (χ3n) is 13.9.